The van der Waals surface area contributed by atoms with Crippen molar-refractivity contribution in [3.63, 3.8) is 0 Å². The Balaban J connectivity index is 1.72. The smallest absolute Gasteiger partial charge is 0.371 e. The van der Waals surface area contributed by atoms with E-state index in [2.05, 4.69) is 0 Å². The summed E-state index contributed by atoms with van der Waals surface area (Å²) in [7, 11) is 0. The van der Waals surface area contributed by atoms with Gasteiger partial charge in [-0.25, -0.2) is 4.79 Å². The van der Waals surface area contributed by atoms with Crippen LogP contribution in [0, 0.1) is 11.8 Å². The van der Waals surface area contributed by atoms with Gasteiger partial charge in [-0.15, -0.1) is 0 Å². The highest BCUT2D eigenvalue weighted by Gasteiger charge is 2.38. The minimum Gasteiger partial charge on any atom is -0.475 e. The first-order chi connectivity index (χ1) is 8.65. The second kappa shape index (κ2) is 4.15. The maximum absolute atomic E-state index is 12.2. The Labute approximate surface area is 104 Å². The van der Waals surface area contributed by atoms with Gasteiger partial charge >= 0.3 is 5.97 Å². The molecule has 1 saturated heterocycles. The monoisotopic (exact) mass is 249 g/mol. The molecule has 0 radical (unpaired) electrons. The highest BCUT2D eigenvalue weighted by Crippen LogP contribution is 2.38. The molecule has 2 heterocycles. The molecule has 1 saturated carbocycles. The van der Waals surface area contributed by atoms with E-state index in [4.69, 9.17) is 9.52 Å². The molecule has 5 nitrogen and oxygen atoms in total. The van der Waals surface area contributed by atoms with Crippen LogP contribution in [0.2, 0.25) is 0 Å². The summed E-state index contributed by atoms with van der Waals surface area (Å²) in [5, 5.41) is 8.76. The van der Waals surface area contributed by atoms with E-state index in [1.165, 1.54) is 31.4 Å². The molecule has 0 aromatic carbocycles. The normalized spacial score (nSPS) is 26.3. The van der Waals surface area contributed by atoms with Crippen molar-refractivity contribution in [3.05, 3.63) is 23.7 Å². The Morgan fingerprint density at radius 1 is 1.17 bits per heavy atom. The number of likely N-dealkylation sites (tertiary alicyclic amines) is 1. The van der Waals surface area contributed by atoms with Crippen molar-refractivity contribution in [2.45, 2.75) is 19.3 Å². The molecule has 1 aliphatic heterocycles. The molecule has 0 unspecified atom stereocenters. The third-order valence-electron chi connectivity index (χ3n) is 4.04. The Bertz CT molecular complexity index is 481. The molecule has 1 aromatic heterocycles. The van der Waals surface area contributed by atoms with E-state index in [0.29, 0.717) is 11.8 Å². The standard InChI is InChI=1S/C13H15NO4/c15-12(10-4-5-11(18-10)13(16)17)14-6-8-2-1-3-9(8)7-14/h4-5,8-9H,1-3,6-7H2,(H,16,17)/t8-,9-/m0/s1. The molecule has 3 rings (SSSR count). The van der Waals surface area contributed by atoms with Crippen molar-refractivity contribution in [2.24, 2.45) is 11.8 Å². The van der Waals surface area contributed by atoms with Gasteiger partial charge in [0.25, 0.3) is 5.91 Å². The van der Waals surface area contributed by atoms with Crippen LogP contribution >= 0.6 is 0 Å². The van der Waals surface area contributed by atoms with Crippen molar-refractivity contribution in [2.75, 3.05) is 13.1 Å². The molecule has 96 valence electrons. The Morgan fingerprint density at radius 3 is 2.33 bits per heavy atom. The zero-order valence-corrected chi connectivity index (χ0v) is 9.96. The minimum atomic E-state index is -1.15. The first-order valence-corrected chi connectivity index (χ1v) is 6.27. The number of furan rings is 1. The maximum atomic E-state index is 12.2. The van der Waals surface area contributed by atoms with Crippen LogP contribution in [0.4, 0.5) is 0 Å². The predicted molar refractivity (Wildman–Crippen MR) is 62.4 cm³/mol. The lowest BCUT2D eigenvalue weighted by Crippen LogP contribution is -2.29. The topological polar surface area (TPSA) is 70.8 Å². The molecule has 1 aromatic rings. The van der Waals surface area contributed by atoms with Gasteiger partial charge in [-0.1, -0.05) is 6.42 Å². The van der Waals surface area contributed by atoms with Gasteiger partial charge in [0.2, 0.25) is 5.76 Å². The number of nitrogens with zero attached hydrogens (tertiary/aromatic N) is 1. The van der Waals surface area contributed by atoms with Crippen molar-refractivity contribution in [1.82, 2.24) is 4.90 Å². The second-order valence-electron chi connectivity index (χ2n) is 5.13. The van der Waals surface area contributed by atoms with E-state index in [1.807, 2.05) is 0 Å². The number of aromatic carboxylic acids is 1. The SMILES string of the molecule is O=C(O)c1ccc(C(=O)N2C[C@@H]3CCC[C@H]3C2)o1. The minimum absolute atomic E-state index is 0.132. The van der Waals surface area contributed by atoms with Crippen LogP contribution in [0.25, 0.3) is 0 Å². The molecule has 0 bridgehead atoms. The van der Waals surface area contributed by atoms with Crippen molar-refractivity contribution in [1.29, 1.82) is 0 Å². The molecular weight excluding hydrogens is 234 g/mol. The van der Waals surface area contributed by atoms with Gasteiger partial charge in [0.15, 0.2) is 5.76 Å². The van der Waals surface area contributed by atoms with Gasteiger partial charge in [-0.3, -0.25) is 4.79 Å². The molecule has 2 fully saturated rings. The number of fused-ring (bicyclic) bond motifs is 1. The fourth-order valence-corrected chi connectivity index (χ4v) is 3.12. The zero-order valence-electron chi connectivity index (χ0n) is 9.96. The third-order valence-corrected chi connectivity index (χ3v) is 4.04. The summed E-state index contributed by atoms with van der Waals surface area (Å²) in [6.45, 7) is 1.57. The highest BCUT2D eigenvalue weighted by atomic mass is 16.4. The van der Waals surface area contributed by atoms with Crippen molar-refractivity contribution >= 4 is 11.9 Å². The lowest BCUT2D eigenvalue weighted by atomic mass is 10.0. The quantitative estimate of drug-likeness (QED) is 0.868. The summed E-state index contributed by atoms with van der Waals surface area (Å²) in [4.78, 5) is 24.6. The summed E-state index contributed by atoms with van der Waals surface area (Å²) in [6.07, 6.45) is 3.67. The Kier molecular flexibility index (Phi) is 2.61. The second-order valence-corrected chi connectivity index (χ2v) is 5.13. The van der Waals surface area contributed by atoms with Crippen LogP contribution in [0.1, 0.15) is 40.4 Å². The maximum Gasteiger partial charge on any atom is 0.371 e. The third kappa shape index (κ3) is 1.79. The summed E-state index contributed by atoms with van der Waals surface area (Å²) in [5.74, 6) is -0.125. The van der Waals surface area contributed by atoms with E-state index in [-0.39, 0.29) is 17.4 Å². The van der Waals surface area contributed by atoms with Crippen molar-refractivity contribution in [3.8, 4) is 0 Å². The number of carbonyl (C=O) groups excluding carboxylic acids is 1. The van der Waals surface area contributed by atoms with E-state index in [9.17, 15) is 9.59 Å². The summed E-state index contributed by atoms with van der Waals surface area (Å²) in [6, 6.07) is 2.77. The van der Waals surface area contributed by atoms with E-state index in [1.54, 1.807) is 4.90 Å². The van der Waals surface area contributed by atoms with Crippen LogP contribution in [-0.2, 0) is 0 Å². The number of carbonyl (C=O) groups is 2. The molecular formula is C13H15NO4. The van der Waals surface area contributed by atoms with Crippen LogP contribution in [0.3, 0.4) is 0 Å². The first-order valence-electron chi connectivity index (χ1n) is 6.27. The number of rotatable bonds is 2. The van der Waals surface area contributed by atoms with Gasteiger partial charge in [-0.2, -0.15) is 0 Å². The predicted octanol–water partition coefficient (Wildman–Crippen LogP) is 1.85. The summed E-state index contributed by atoms with van der Waals surface area (Å²) >= 11 is 0. The molecule has 2 aliphatic rings. The van der Waals surface area contributed by atoms with E-state index < -0.39 is 5.97 Å². The molecule has 5 heteroatoms. The summed E-state index contributed by atoms with van der Waals surface area (Å²) in [5.41, 5.74) is 0. The number of hydrogen-bond donors (Lipinski definition) is 1. The zero-order chi connectivity index (χ0) is 12.7. The van der Waals surface area contributed by atoms with Crippen molar-refractivity contribution < 1.29 is 19.1 Å². The van der Waals surface area contributed by atoms with Gasteiger partial charge in [0.1, 0.15) is 0 Å². The fraction of sp³-hybridized carbons (Fsp3) is 0.538. The largest absolute Gasteiger partial charge is 0.475 e. The first kappa shape index (κ1) is 11.3. The lowest BCUT2D eigenvalue weighted by molar-refractivity contribution is 0.0652. The number of amides is 1. The van der Waals surface area contributed by atoms with Gasteiger partial charge in [0, 0.05) is 13.1 Å². The average Bonchev–Trinajstić information content (AvgIpc) is 3.02. The van der Waals surface area contributed by atoms with Crippen LogP contribution in [-0.4, -0.2) is 35.0 Å². The Hall–Kier alpha value is -1.78. The van der Waals surface area contributed by atoms with E-state index in [0.717, 1.165) is 13.1 Å². The van der Waals surface area contributed by atoms with Crippen LogP contribution in [0.5, 0.6) is 0 Å². The summed E-state index contributed by atoms with van der Waals surface area (Å²) < 4.78 is 5.05. The number of carboxylic acids is 1. The van der Waals surface area contributed by atoms with Crippen LogP contribution in [0.15, 0.2) is 16.5 Å². The van der Waals surface area contributed by atoms with E-state index >= 15 is 0 Å². The molecule has 0 spiro atoms. The molecule has 2 atom stereocenters. The average molecular weight is 249 g/mol. The van der Waals surface area contributed by atoms with Gasteiger partial charge < -0.3 is 14.4 Å². The highest BCUT2D eigenvalue weighted by molar-refractivity contribution is 5.93. The molecule has 1 N–H and O–H groups in total. The molecule has 1 aliphatic carbocycles. The molecule has 18 heavy (non-hydrogen) atoms. The Morgan fingerprint density at radius 2 is 1.78 bits per heavy atom. The number of hydrogen-bond acceptors (Lipinski definition) is 3. The fourth-order valence-electron chi connectivity index (χ4n) is 3.12. The molecule has 1 amide bonds. The van der Waals surface area contributed by atoms with Gasteiger partial charge in [-0.05, 0) is 36.8 Å². The number of carboxylic acid groups (broad SMARTS) is 1. The lowest BCUT2D eigenvalue weighted by Gasteiger charge is -2.15. The van der Waals surface area contributed by atoms with Gasteiger partial charge in [0.05, 0.1) is 0 Å². The van der Waals surface area contributed by atoms with Crippen LogP contribution < -0.4 is 0 Å².